The van der Waals surface area contributed by atoms with Gasteiger partial charge in [-0.1, -0.05) is 12.8 Å². The summed E-state index contributed by atoms with van der Waals surface area (Å²) in [6.07, 6.45) is -0.429. The van der Waals surface area contributed by atoms with Crippen LogP contribution in [-0.4, -0.2) is 108 Å². The normalized spacial score (nSPS) is 25.9. The van der Waals surface area contributed by atoms with E-state index in [0.717, 1.165) is 30.5 Å². The maximum atomic E-state index is 12.4. The summed E-state index contributed by atoms with van der Waals surface area (Å²) in [5.74, 6) is 0.408. The lowest BCUT2D eigenvalue weighted by atomic mass is 10.1. The van der Waals surface area contributed by atoms with E-state index >= 15 is 0 Å². The van der Waals surface area contributed by atoms with Gasteiger partial charge in [0.05, 0.1) is 38.3 Å². The Morgan fingerprint density at radius 1 is 1.26 bits per heavy atom. The average molecular weight is 590 g/mol. The number of hydrogen-bond acceptors (Lipinski definition) is 13. The lowest BCUT2D eigenvalue weighted by molar-refractivity contribution is -0.109. The second kappa shape index (κ2) is 10.9. The molecule has 3 aromatic heterocycles. The largest absolute Gasteiger partial charge is 0.393 e. The molecule has 1 saturated heterocycles. The monoisotopic (exact) mass is 589 g/mol. The summed E-state index contributed by atoms with van der Waals surface area (Å²) >= 11 is 6.18. The summed E-state index contributed by atoms with van der Waals surface area (Å²) in [5, 5.41) is 48.3. The molecule has 19 heteroatoms. The minimum absolute atomic E-state index is 0.0512. The molecule has 214 valence electrons. The van der Waals surface area contributed by atoms with Gasteiger partial charge < -0.3 is 39.9 Å². The second-order valence-electron chi connectivity index (χ2n) is 9.67. The molecule has 39 heavy (non-hydrogen) atoms. The molecule has 5 atom stereocenters. The van der Waals surface area contributed by atoms with Gasteiger partial charge in [-0.25, -0.2) is 4.68 Å². The van der Waals surface area contributed by atoms with Crippen molar-refractivity contribution in [3.05, 3.63) is 17.3 Å². The molecule has 0 radical (unpaired) electrons. The Labute approximate surface area is 226 Å². The number of halogens is 1. The van der Waals surface area contributed by atoms with Gasteiger partial charge in [-0.05, 0) is 29.7 Å². The fraction of sp³-hybridized carbons (Fsp3) is 0.700. The lowest BCUT2D eigenvalue weighted by Crippen LogP contribution is -2.43. The molecule has 0 spiro atoms. The van der Waals surface area contributed by atoms with E-state index in [2.05, 4.69) is 35.8 Å². The highest BCUT2D eigenvalue weighted by molar-refractivity contribution is 7.53. The highest BCUT2D eigenvalue weighted by Crippen LogP contribution is 2.53. The van der Waals surface area contributed by atoms with Crippen LogP contribution >= 0.6 is 19.2 Å². The van der Waals surface area contributed by atoms with E-state index in [1.807, 2.05) is 0 Å². The molecule has 2 aliphatic rings. The van der Waals surface area contributed by atoms with Crippen molar-refractivity contribution in [1.29, 1.82) is 0 Å². The number of fused-ring (bicyclic) bond motifs is 1. The van der Waals surface area contributed by atoms with E-state index in [4.69, 9.17) is 21.1 Å². The number of aromatic nitrogens is 8. The zero-order chi connectivity index (χ0) is 27.9. The third-order valence-electron chi connectivity index (χ3n) is 6.98. The van der Waals surface area contributed by atoms with Gasteiger partial charge >= 0.3 is 7.60 Å². The van der Waals surface area contributed by atoms with Crippen LogP contribution in [0.1, 0.15) is 37.7 Å². The summed E-state index contributed by atoms with van der Waals surface area (Å²) in [7, 11) is -3.66. The van der Waals surface area contributed by atoms with Gasteiger partial charge in [0, 0.05) is 6.04 Å². The fourth-order valence-corrected chi connectivity index (χ4v) is 5.78. The van der Waals surface area contributed by atoms with E-state index in [-0.39, 0.29) is 22.8 Å². The standard InChI is InChI=1S/C20H29ClN9O8P/c1-29-27-13(26-28-29)6-20(9-31,39(34,35)36)37-8-12-14(32)15(33)18(38-12)30-17-11(7-22-30)16(24-19(21)25-17)23-10-4-2-3-5-10/h7,10,12,14-15,18,31-33H,2-6,8-9H2,1H3,(H,23,24,25)(H2,34,35,36)/t12-,14-,15-,18-,20?/m1/s1. The molecule has 5 rings (SSSR count). The SMILES string of the molecule is Cn1nnc(CC(CO)(OC[C@H]2O[C@@H](n3ncc4c(NC5CCCC5)nc(Cl)nc43)[C@H](O)[C@@H]2O)P(=O)(O)O)n1. The van der Waals surface area contributed by atoms with E-state index in [1.54, 1.807) is 0 Å². The van der Waals surface area contributed by atoms with Crippen molar-refractivity contribution >= 4 is 36.0 Å². The van der Waals surface area contributed by atoms with Gasteiger partial charge in [0.2, 0.25) is 5.28 Å². The van der Waals surface area contributed by atoms with Crippen molar-refractivity contribution in [3.63, 3.8) is 0 Å². The maximum Gasteiger partial charge on any atom is 0.359 e. The fourth-order valence-electron chi connectivity index (χ4n) is 4.84. The number of anilines is 1. The molecule has 4 heterocycles. The Bertz CT molecular complexity index is 1360. The number of aliphatic hydroxyl groups is 3. The van der Waals surface area contributed by atoms with Crippen molar-refractivity contribution in [2.24, 2.45) is 7.05 Å². The Morgan fingerprint density at radius 3 is 2.64 bits per heavy atom. The van der Waals surface area contributed by atoms with E-state index in [0.29, 0.717) is 11.2 Å². The van der Waals surface area contributed by atoms with Gasteiger partial charge in [-0.2, -0.15) is 19.9 Å². The van der Waals surface area contributed by atoms with Crippen molar-refractivity contribution < 1.29 is 39.1 Å². The summed E-state index contributed by atoms with van der Waals surface area (Å²) in [6.45, 7) is -1.70. The van der Waals surface area contributed by atoms with Crippen LogP contribution in [0.2, 0.25) is 5.28 Å². The number of aryl methyl sites for hydroxylation is 1. The number of hydrogen-bond donors (Lipinski definition) is 6. The zero-order valence-corrected chi connectivity index (χ0v) is 22.4. The molecule has 17 nitrogen and oxygen atoms in total. The summed E-state index contributed by atoms with van der Waals surface area (Å²) in [4.78, 5) is 29.6. The first-order chi connectivity index (χ1) is 18.5. The maximum absolute atomic E-state index is 12.4. The third-order valence-corrected chi connectivity index (χ3v) is 8.64. The average Bonchev–Trinajstić information content (AvgIpc) is 3.67. The quantitative estimate of drug-likeness (QED) is 0.124. The molecule has 2 fully saturated rings. The second-order valence-corrected chi connectivity index (χ2v) is 11.9. The Hall–Kier alpha value is -2.34. The number of ether oxygens (including phenoxy) is 2. The molecule has 0 bridgehead atoms. The Balaban J connectivity index is 1.36. The van der Waals surface area contributed by atoms with E-state index in [1.165, 1.54) is 17.9 Å². The first-order valence-electron chi connectivity index (χ1n) is 12.2. The van der Waals surface area contributed by atoms with Crippen molar-refractivity contribution in [2.45, 2.75) is 68.0 Å². The first-order valence-corrected chi connectivity index (χ1v) is 14.2. The summed E-state index contributed by atoms with van der Waals surface area (Å²) < 4.78 is 25.0. The topological polar surface area (TPSA) is 236 Å². The first kappa shape index (κ1) is 28.2. The molecular weight excluding hydrogens is 561 g/mol. The highest BCUT2D eigenvalue weighted by Gasteiger charge is 2.52. The molecule has 3 aromatic rings. The molecule has 1 unspecified atom stereocenters. The molecule has 0 amide bonds. The summed E-state index contributed by atoms with van der Waals surface area (Å²) in [6, 6.07) is 0.233. The van der Waals surface area contributed by atoms with E-state index in [9.17, 15) is 29.7 Å². The van der Waals surface area contributed by atoms with Gasteiger partial charge in [-0.15, -0.1) is 10.2 Å². The minimum Gasteiger partial charge on any atom is -0.393 e. The number of rotatable bonds is 10. The summed E-state index contributed by atoms with van der Waals surface area (Å²) in [5.41, 5.74) is 0.252. The van der Waals surface area contributed by atoms with Gasteiger partial charge in [-0.3, -0.25) is 4.57 Å². The lowest BCUT2D eigenvalue weighted by Gasteiger charge is -2.32. The van der Waals surface area contributed by atoms with Crippen molar-refractivity contribution in [3.8, 4) is 0 Å². The third kappa shape index (κ3) is 5.51. The molecular formula is C20H29ClN9O8P. The van der Waals surface area contributed by atoms with Crippen molar-refractivity contribution in [1.82, 2.24) is 40.0 Å². The van der Waals surface area contributed by atoms with Crippen LogP contribution in [0.15, 0.2) is 6.20 Å². The number of tetrazole rings is 1. The smallest absolute Gasteiger partial charge is 0.359 e. The highest BCUT2D eigenvalue weighted by atomic mass is 35.5. The molecule has 1 aliphatic heterocycles. The Morgan fingerprint density at radius 2 is 2.00 bits per heavy atom. The van der Waals surface area contributed by atoms with Crippen LogP contribution in [0, 0.1) is 0 Å². The predicted octanol–water partition coefficient (Wildman–Crippen LogP) is -0.897. The predicted molar refractivity (Wildman–Crippen MR) is 132 cm³/mol. The van der Waals surface area contributed by atoms with Crippen molar-refractivity contribution in [2.75, 3.05) is 18.5 Å². The number of nitrogens with zero attached hydrogens (tertiary/aromatic N) is 8. The number of nitrogens with one attached hydrogen (secondary N) is 1. The molecule has 6 N–H and O–H groups in total. The zero-order valence-electron chi connectivity index (χ0n) is 20.8. The van der Waals surface area contributed by atoms with E-state index < -0.39 is 57.1 Å². The van der Waals surface area contributed by atoms with Gasteiger partial charge in [0.1, 0.15) is 24.1 Å². The van der Waals surface area contributed by atoms with Crippen LogP contribution in [0.25, 0.3) is 11.0 Å². The minimum atomic E-state index is -5.12. The van der Waals surface area contributed by atoms with Gasteiger partial charge in [0.15, 0.2) is 23.0 Å². The van der Waals surface area contributed by atoms with Crippen LogP contribution < -0.4 is 5.32 Å². The van der Waals surface area contributed by atoms with Crippen LogP contribution in [0.5, 0.6) is 0 Å². The van der Waals surface area contributed by atoms with Crippen LogP contribution in [0.4, 0.5) is 5.82 Å². The number of aliphatic hydroxyl groups excluding tert-OH is 3. The van der Waals surface area contributed by atoms with Crippen LogP contribution in [0.3, 0.4) is 0 Å². The molecule has 1 saturated carbocycles. The molecule has 0 aromatic carbocycles. The molecule has 1 aliphatic carbocycles. The van der Waals surface area contributed by atoms with Gasteiger partial charge in [0.25, 0.3) is 0 Å². The van der Waals surface area contributed by atoms with Crippen LogP contribution in [-0.2, 0) is 27.5 Å². The Kier molecular flexibility index (Phi) is 7.89.